The summed E-state index contributed by atoms with van der Waals surface area (Å²) in [5.41, 5.74) is 7.77. The summed E-state index contributed by atoms with van der Waals surface area (Å²) in [4.78, 5) is 14.2. The zero-order chi connectivity index (χ0) is 15.2. The van der Waals surface area contributed by atoms with Gasteiger partial charge >= 0.3 is 0 Å². The van der Waals surface area contributed by atoms with Gasteiger partial charge < -0.3 is 11.1 Å². The molecule has 2 atom stereocenters. The van der Waals surface area contributed by atoms with Gasteiger partial charge in [-0.1, -0.05) is 18.6 Å². The van der Waals surface area contributed by atoms with E-state index in [1.54, 1.807) is 0 Å². The Kier molecular flexibility index (Phi) is 10.5. The first-order valence-electron chi connectivity index (χ1n) is 7.93. The van der Waals surface area contributed by atoms with Crippen LogP contribution in [0.3, 0.4) is 0 Å². The molecule has 2 unspecified atom stereocenters. The number of nitrogens with one attached hydrogen (secondary N) is 1. The first-order valence-corrected chi connectivity index (χ1v) is 7.93. The Morgan fingerprint density at radius 2 is 1.96 bits per heavy atom. The number of carbonyl (C=O) groups is 1. The van der Waals surface area contributed by atoms with Gasteiger partial charge in [0.1, 0.15) is 0 Å². The van der Waals surface area contributed by atoms with E-state index < -0.39 is 0 Å². The number of halogens is 2. The summed E-state index contributed by atoms with van der Waals surface area (Å²) in [5, 5.41) is 2.88. The number of hydrogen-bond acceptors (Lipinski definition) is 3. The Morgan fingerprint density at radius 1 is 1.30 bits per heavy atom. The maximum absolute atomic E-state index is 11.7. The zero-order valence-electron chi connectivity index (χ0n) is 14.0. The van der Waals surface area contributed by atoms with Gasteiger partial charge in [0.05, 0.1) is 0 Å². The highest BCUT2D eigenvalue weighted by atomic mass is 35.5. The number of amides is 1. The minimum absolute atomic E-state index is 0. The molecule has 0 spiro atoms. The van der Waals surface area contributed by atoms with E-state index in [2.05, 4.69) is 29.3 Å². The molecule has 0 aromatic heterocycles. The number of rotatable bonds is 5. The molecule has 1 heterocycles. The van der Waals surface area contributed by atoms with Crippen LogP contribution in [-0.4, -0.2) is 29.4 Å². The lowest BCUT2D eigenvalue weighted by atomic mass is 10.0. The van der Waals surface area contributed by atoms with Crippen LogP contribution in [0.1, 0.15) is 45.1 Å². The highest BCUT2D eigenvalue weighted by Crippen LogP contribution is 2.20. The third-order valence-electron chi connectivity index (χ3n) is 4.07. The Hall–Kier alpha value is -0.810. The summed E-state index contributed by atoms with van der Waals surface area (Å²) < 4.78 is 0. The van der Waals surface area contributed by atoms with Crippen LogP contribution < -0.4 is 11.1 Å². The van der Waals surface area contributed by atoms with E-state index in [4.69, 9.17) is 5.73 Å². The molecule has 0 aliphatic carbocycles. The molecule has 1 aliphatic heterocycles. The van der Waals surface area contributed by atoms with E-state index in [-0.39, 0.29) is 36.8 Å². The van der Waals surface area contributed by atoms with Crippen LogP contribution in [0.4, 0.5) is 5.69 Å². The molecular formula is C17H29Cl2N3O. The average molecular weight is 362 g/mol. The van der Waals surface area contributed by atoms with E-state index in [1.807, 2.05) is 19.1 Å². The fourth-order valence-corrected chi connectivity index (χ4v) is 2.82. The molecule has 23 heavy (non-hydrogen) atoms. The lowest BCUT2D eigenvalue weighted by Gasteiger charge is -2.33. The number of hydrogen-bond donors (Lipinski definition) is 2. The minimum atomic E-state index is -0.107. The number of carbonyl (C=O) groups excluding carboxylic acids is 1. The molecule has 1 aromatic rings. The summed E-state index contributed by atoms with van der Waals surface area (Å²) in [5.74, 6) is -0.0256. The molecular weight excluding hydrogens is 333 g/mol. The highest BCUT2D eigenvalue weighted by molar-refractivity contribution is 5.91. The van der Waals surface area contributed by atoms with Crippen molar-refractivity contribution in [1.29, 1.82) is 0 Å². The minimum Gasteiger partial charge on any atom is -0.327 e. The van der Waals surface area contributed by atoms with Crippen LogP contribution in [0.2, 0.25) is 0 Å². The highest BCUT2D eigenvalue weighted by Gasteiger charge is 2.17. The van der Waals surface area contributed by atoms with Crippen molar-refractivity contribution in [2.24, 2.45) is 5.73 Å². The number of likely N-dealkylation sites (tertiary alicyclic amines) is 1. The third kappa shape index (κ3) is 7.53. The second kappa shape index (κ2) is 10.9. The van der Waals surface area contributed by atoms with E-state index in [0.29, 0.717) is 12.5 Å². The second-order valence-electron chi connectivity index (χ2n) is 6.24. The standard InChI is InChI=1S/C17H27N3O.2ClH/c1-13(18)11-17(21)19-16-8-6-15(7-9-16)12-20-10-4-3-5-14(20)2;;/h6-9,13-14H,3-5,10-12,18H2,1-2H3,(H,19,21);2*1H. The predicted molar refractivity (Wildman–Crippen MR) is 102 cm³/mol. The molecule has 1 amide bonds. The molecule has 1 saturated heterocycles. The maximum atomic E-state index is 11.7. The molecule has 1 aliphatic rings. The lowest BCUT2D eigenvalue weighted by Crippen LogP contribution is -2.36. The molecule has 2 rings (SSSR count). The van der Waals surface area contributed by atoms with E-state index >= 15 is 0 Å². The van der Waals surface area contributed by atoms with Gasteiger partial charge in [0, 0.05) is 30.7 Å². The van der Waals surface area contributed by atoms with Crippen molar-refractivity contribution < 1.29 is 4.79 Å². The summed E-state index contributed by atoms with van der Waals surface area (Å²) in [7, 11) is 0. The Balaban J connectivity index is 0.00000242. The molecule has 1 fully saturated rings. The lowest BCUT2D eigenvalue weighted by molar-refractivity contribution is -0.116. The molecule has 0 saturated carbocycles. The zero-order valence-corrected chi connectivity index (χ0v) is 15.6. The molecule has 0 radical (unpaired) electrons. The van der Waals surface area contributed by atoms with Gasteiger partial charge in [0.15, 0.2) is 0 Å². The van der Waals surface area contributed by atoms with Crippen molar-refractivity contribution >= 4 is 36.4 Å². The van der Waals surface area contributed by atoms with Crippen molar-refractivity contribution in [2.45, 2.75) is 58.2 Å². The second-order valence-corrected chi connectivity index (χ2v) is 6.24. The van der Waals surface area contributed by atoms with Crippen molar-refractivity contribution in [1.82, 2.24) is 4.90 Å². The topological polar surface area (TPSA) is 58.4 Å². The van der Waals surface area contributed by atoms with Gasteiger partial charge in [-0.25, -0.2) is 0 Å². The largest absolute Gasteiger partial charge is 0.327 e. The van der Waals surface area contributed by atoms with Gasteiger partial charge in [-0.15, -0.1) is 24.8 Å². The number of piperidine rings is 1. The van der Waals surface area contributed by atoms with Crippen molar-refractivity contribution in [2.75, 3.05) is 11.9 Å². The van der Waals surface area contributed by atoms with Crippen molar-refractivity contribution in [3.05, 3.63) is 29.8 Å². The summed E-state index contributed by atoms with van der Waals surface area (Å²) in [6.45, 7) is 6.33. The summed E-state index contributed by atoms with van der Waals surface area (Å²) in [6.07, 6.45) is 4.30. The number of anilines is 1. The third-order valence-corrected chi connectivity index (χ3v) is 4.07. The van der Waals surface area contributed by atoms with Crippen LogP contribution in [0, 0.1) is 0 Å². The molecule has 0 bridgehead atoms. The predicted octanol–water partition coefficient (Wildman–Crippen LogP) is 3.58. The maximum Gasteiger partial charge on any atom is 0.225 e. The molecule has 3 N–H and O–H groups in total. The average Bonchev–Trinajstić information content (AvgIpc) is 2.42. The van der Waals surface area contributed by atoms with Gasteiger partial charge in [-0.3, -0.25) is 9.69 Å². The fraction of sp³-hybridized carbons (Fsp3) is 0.588. The Labute approximate surface area is 152 Å². The van der Waals surface area contributed by atoms with Gasteiger partial charge in [-0.2, -0.15) is 0 Å². The Bertz CT molecular complexity index is 465. The Morgan fingerprint density at radius 3 is 2.52 bits per heavy atom. The number of nitrogens with two attached hydrogens (primary N) is 1. The van der Waals surface area contributed by atoms with Crippen molar-refractivity contribution in [3.63, 3.8) is 0 Å². The summed E-state index contributed by atoms with van der Waals surface area (Å²) >= 11 is 0. The van der Waals surface area contributed by atoms with Gasteiger partial charge in [0.2, 0.25) is 5.91 Å². The first-order chi connectivity index (χ1) is 10.0. The van der Waals surface area contributed by atoms with Gasteiger partial charge in [-0.05, 0) is 50.9 Å². The molecule has 6 heteroatoms. The number of nitrogens with zero attached hydrogens (tertiary/aromatic N) is 1. The van der Waals surface area contributed by atoms with Crippen LogP contribution in [0.5, 0.6) is 0 Å². The fourth-order valence-electron chi connectivity index (χ4n) is 2.82. The van der Waals surface area contributed by atoms with Crippen LogP contribution in [0.25, 0.3) is 0 Å². The van der Waals surface area contributed by atoms with Crippen LogP contribution >= 0.6 is 24.8 Å². The smallest absolute Gasteiger partial charge is 0.225 e. The quantitative estimate of drug-likeness (QED) is 0.842. The molecule has 4 nitrogen and oxygen atoms in total. The van der Waals surface area contributed by atoms with Crippen LogP contribution in [-0.2, 0) is 11.3 Å². The monoisotopic (exact) mass is 361 g/mol. The van der Waals surface area contributed by atoms with E-state index in [9.17, 15) is 4.79 Å². The van der Waals surface area contributed by atoms with E-state index in [0.717, 1.165) is 12.2 Å². The van der Waals surface area contributed by atoms with Crippen LogP contribution in [0.15, 0.2) is 24.3 Å². The number of benzene rings is 1. The first kappa shape index (κ1) is 22.2. The SMILES string of the molecule is CC(N)CC(=O)Nc1ccc(CN2CCCCC2C)cc1.Cl.Cl. The van der Waals surface area contributed by atoms with Crippen molar-refractivity contribution in [3.8, 4) is 0 Å². The molecule has 132 valence electrons. The summed E-state index contributed by atoms with van der Waals surface area (Å²) in [6, 6.07) is 8.71. The normalized spacial score (nSPS) is 19.2. The van der Waals surface area contributed by atoms with Gasteiger partial charge in [0.25, 0.3) is 0 Å². The van der Waals surface area contributed by atoms with E-state index in [1.165, 1.54) is 31.4 Å². The molecule has 1 aromatic carbocycles.